The highest BCUT2D eigenvalue weighted by Gasteiger charge is 2.26. The summed E-state index contributed by atoms with van der Waals surface area (Å²) in [7, 11) is 0. The fraction of sp³-hybridized carbons (Fsp3) is 0.421. The van der Waals surface area contributed by atoms with Crippen molar-refractivity contribution < 1.29 is 18.7 Å². The summed E-state index contributed by atoms with van der Waals surface area (Å²) in [6, 6.07) is 8.11. The van der Waals surface area contributed by atoms with Gasteiger partial charge in [0.1, 0.15) is 11.3 Å². The number of fused-ring (bicyclic) bond motifs is 1. The van der Waals surface area contributed by atoms with Gasteiger partial charge in [-0.2, -0.15) is 0 Å². The highest BCUT2D eigenvalue weighted by atomic mass is 16.5. The van der Waals surface area contributed by atoms with Crippen LogP contribution in [0.4, 0.5) is 0 Å². The van der Waals surface area contributed by atoms with Crippen LogP contribution in [-0.4, -0.2) is 41.9 Å². The first-order chi connectivity index (χ1) is 12.4. The van der Waals surface area contributed by atoms with Crippen LogP contribution in [0.15, 0.2) is 39.5 Å². The molecule has 1 aromatic heterocycles. The zero-order valence-corrected chi connectivity index (χ0v) is 14.9. The van der Waals surface area contributed by atoms with Crippen LogP contribution >= 0.6 is 0 Å². The average Bonchev–Trinajstić information content (AvgIpc) is 3.02. The zero-order valence-electron chi connectivity index (χ0n) is 14.9. The Labute approximate surface area is 150 Å². The zero-order chi connectivity index (χ0) is 18.7. The van der Waals surface area contributed by atoms with Gasteiger partial charge in [0.15, 0.2) is 6.61 Å². The summed E-state index contributed by atoms with van der Waals surface area (Å²) in [4.78, 5) is 36.9. The predicted molar refractivity (Wildman–Crippen MR) is 96.0 cm³/mol. The molecule has 2 heterocycles. The maximum absolute atomic E-state index is 12.6. The molecule has 2 aromatic rings. The highest BCUT2D eigenvalue weighted by Crippen LogP contribution is 2.19. The van der Waals surface area contributed by atoms with Crippen LogP contribution < -0.4 is 15.7 Å². The lowest BCUT2D eigenvalue weighted by Crippen LogP contribution is -2.47. The van der Waals surface area contributed by atoms with Crippen molar-refractivity contribution in [3.8, 4) is 5.75 Å². The molecule has 1 saturated heterocycles. The van der Waals surface area contributed by atoms with Crippen LogP contribution in [-0.2, 0) is 9.59 Å². The van der Waals surface area contributed by atoms with Gasteiger partial charge in [0.05, 0.1) is 0 Å². The van der Waals surface area contributed by atoms with Crippen molar-refractivity contribution in [3.05, 3.63) is 40.8 Å². The predicted octanol–water partition coefficient (Wildman–Crippen LogP) is 1.69. The van der Waals surface area contributed by atoms with E-state index >= 15 is 0 Å². The van der Waals surface area contributed by atoms with E-state index in [0.29, 0.717) is 24.3 Å². The van der Waals surface area contributed by atoms with Crippen LogP contribution in [0.25, 0.3) is 11.0 Å². The molecule has 1 aliphatic heterocycles. The number of carbonyl (C=O) groups is 2. The highest BCUT2D eigenvalue weighted by molar-refractivity contribution is 5.80. The van der Waals surface area contributed by atoms with Crippen molar-refractivity contribution in [2.75, 3.05) is 13.2 Å². The van der Waals surface area contributed by atoms with Crippen molar-refractivity contribution in [1.29, 1.82) is 0 Å². The van der Waals surface area contributed by atoms with Crippen LogP contribution in [0, 0.1) is 0 Å². The minimum atomic E-state index is -0.435. The largest absolute Gasteiger partial charge is 0.484 e. The molecule has 1 N–H and O–H groups in total. The summed E-state index contributed by atoms with van der Waals surface area (Å²) in [5.41, 5.74) is -0.0212. The van der Waals surface area contributed by atoms with E-state index in [4.69, 9.17) is 9.15 Å². The Bertz CT molecular complexity index is 874. The number of hydrogen-bond donors (Lipinski definition) is 1. The molecule has 1 aliphatic rings. The van der Waals surface area contributed by atoms with Crippen molar-refractivity contribution in [2.24, 2.45) is 0 Å². The van der Waals surface area contributed by atoms with Gasteiger partial charge in [0, 0.05) is 42.6 Å². The van der Waals surface area contributed by atoms with Gasteiger partial charge in [-0.15, -0.1) is 0 Å². The van der Waals surface area contributed by atoms with E-state index < -0.39 is 5.63 Å². The van der Waals surface area contributed by atoms with E-state index in [2.05, 4.69) is 5.32 Å². The molecule has 1 fully saturated rings. The van der Waals surface area contributed by atoms with Crippen molar-refractivity contribution in [1.82, 2.24) is 10.2 Å². The molecule has 0 aliphatic carbocycles. The molecule has 0 spiro atoms. The summed E-state index contributed by atoms with van der Waals surface area (Å²) in [6.45, 7) is 4.21. The summed E-state index contributed by atoms with van der Waals surface area (Å²) >= 11 is 0. The molecular weight excluding hydrogens is 336 g/mol. The third-order valence-electron chi connectivity index (χ3n) is 4.40. The normalized spacial score (nSPS) is 16.7. The Morgan fingerprint density at radius 3 is 2.77 bits per heavy atom. The monoisotopic (exact) mass is 358 g/mol. The van der Waals surface area contributed by atoms with Crippen LogP contribution in [0.5, 0.6) is 5.75 Å². The van der Waals surface area contributed by atoms with E-state index in [-0.39, 0.29) is 30.5 Å². The van der Waals surface area contributed by atoms with Gasteiger partial charge in [0.2, 0.25) is 5.91 Å². The molecule has 26 heavy (non-hydrogen) atoms. The summed E-state index contributed by atoms with van der Waals surface area (Å²) in [5, 5.41) is 3.66. The van der Waals surface area contributed by atoms with Gasteiger partial charge in [-0.1, -0.05) is 0 Å². The van der Waals surface area contributed by atoms with Gasteiger partial charge in [-0.3, -0.25) is 9.59 Å². The Morgan fingerprint density at radius 1 is 1.31 bits per heavy atom. The Balaban J connectivity index is 1.64. The van der Waals surface area contributed by atoms with Crippen molar-refractivity contribution >= 4 is 22.8 Å². The smallest absolute Gasteiger partial charge is 0.336 e. The number of hydrogen-bond acceptors (Lipinski definition) is 5. The summed E-state index contributed by atoms with van der Waals surface area (Å²) in [5.74, 6) is 0.328. The first-order valence-electron chi connectivity index (χ1n) is 8.68. The number of nitrogens with zero attached hydrogens (tertiary/aromatic N) is 1. The molecular formula is C19H22N2O5. The number of carbonyl (C=O) groups excluding carboxylic acids is 2. The van der Waals surface area contributed by atoms with E-state index in [9.17, 15) is 14.4 Å². The minimum absolute atomic E-state index is 0.00164. The van der Waals surface area contributed by atoms with Crippen LogP contribution in [0.2, 0.25) is 0 Å². The first-order valence-corrected chi connectivity index (χ1v) is 8.68. The second-order valence-electron chi connectivity index (χ2n) is 6.69. The molecule has 138 valence electrons. The molecule has 0 saturated carbocycles. The van der Waals surface area contributed by atoms with E-state index in [1.54, 1.807) is 29.2 Å². The van der Waals surface area contributed by atoms with E-state index in [1.165, 1.54) is 6.07 Å². The van der Waals surface area contributed by atoms with Crippen molar-refractivity contribution in [2.45, 2.75) is 38.8 Å². The molecule has 1 atom stereocenters. The van der Waals surface area contributed by atoms with Gasteiger partial charge in [0.25, 0.3) is 5.91 Å². The van der Waals surface area contributed by atoms with Gasteiger partial charge >= 0.3 is 5.63 Å². The summed E-state index contributed by atoms with van der Waals surface area (Å²) < 4.78 is 10.7. The maximum atomic E-state index is 12.6. The third-order valence-corrected chi connectivity index (χ3v) is 4.40. The molecule has 1 unspecified atom stereocenters. The number of rotatable bonds is 6. The first kappa shape index (κ1) is 18.0. The second-order valence-corrected chi connectivity index (χ2v) is 6.69. The lowest BCUT2D eigenvalue weighted by molar-refractivity contribution is -0.135. The number of ether oxygens (including phenoxy) is 1. The van der Waals surface area contributed by atoms with E-state index in [0.717, 1.165) is 11.8 Å². The van der Waals surface area contributed by atoms with Gasteiger partial charge in [-0.25, -0.2) is 4.79 Å². The molecule has 3 rings (SSSR count). The standard InChI is InChI=1S/C19H22N2O5/c1-12(2)21(10-14-5-7-17(22)20-14)18(23)11-25-15-6-3-13-4-8-19(24)26-16(13)9-15/h3-4,6,8-9,12,14H,5,7,10-11H2,1-2H3,(H,20,22). The minimum Gasteiger partial charge on any atom is -0.484 e. The number of nitrogens with one attached hydrogen (secondary N) is 1. The quantitative estimate of drug-likeness (QED) is 0.794. The van der Waals surface area contributed by atoms with Crippen LogP contribution in [0.1, 0.15) is 26.7 Å². The Hall–Kier alpha value is -2.83. The summed E-state index contributed by atoms with van der Waals surface area (Å²) in [6.07, 6.45) is 1.24. The van der Waals surface area contributed by atoms with E-state index in [1.807, 2.05) is 13.8 Å². The fourth-order valence-corrected chi connectivity index (χ4v) is 3.01. The van der Waals surface area contributed by atoms with Gasteiger partial charge in [-0.05, 0) is 38.5 Å². The molecule has 7 heteroatoms. The molecule has 2 amide bonds. The number of amides is 2. The topological polar surface area (TPSA) is 88.9 Å². The van der Waals surface area contributed by atoms with Gasteiger partial charge < -0.3 is 19.4 Å². The Morgan fingerprint density at radius 2 is 2.08 bits per heavy atom. The molecule has 0 radical (unpaired) electrons. The molecule has 0 bridgehead atoms. The maximum Gasteiger partial charge on any atom is 0.336 e. The Kier molecular flexibility index (Phi) is 5.25. The second kappa shape index (κ2) is 7.59. The van der Waals surface area contributed by atoms with Crippen LogP contribution in [0.3, 0.4) is 0 Å². The third kappa shape index (κ3) is 4.22. The lowest BCUT2D eigenvalue weighted by Gasteiger charge is -2.29. The SMILES string of the molecule is CC(C)N(CC1CCC(=O)N1)C(=O)COc1ccc2ccc(=O)oc2c1. The lowest BCUT2D eigenvalue weighted by atomic mass is 10.2. The number of benzene rings is 1. The average molecular weight is 358 g/mol. The van der Waals surface area contributed by atoms with Crippen molar-refractivity contribution in [3.63, 3.8) is 0 Å². The fourth-order valence-electron chi connectivity index (χ4n) is 3.01. The molecule has 1 aromatic carbocycles. The molecule has 7 nitrogen and oxygen atoms in total.